The molecule has 0 saturated carbocycles. The fourth-order valence-corrected chi connectivity index (χ4v) is 3.89. The first kappa shape index (κ1) is 19.3. The molecule has 3 N–H and O–H groups in total. The Morgan fingerprint density at radius 2 is 2.24 bits per heavy atom. The maximum Gasteiger partial charge on any atom is 0.317 e. The highest BCUT2D eigenvalue weighted by Crippen LogP contribution is 2.20. The predicted octanol–water partition coefficient (Wildman–Crippen LogP) is 2.99. The van der Waals surface area contributed by atoms with Crippen molar-refractivity contribution in [2.24, 2.45) is 0 Å². The number of rotatable bonds is 4. The van der Waals surface area contributed by atoms with Gasteiger partial charge in [0.1, 0.15) is 0 Å². The lowest BCUT2D eigenvalue weighted by molar-refractivity contribution is 0.0625. The second-order valence-electron chi connectivity index (χ2n) is 7.28. The maximum atomic E-state index is 12.6. The SMILES string of the molecule is CN(C(=O)NCc1cc2cc(Cl)ccc2[nH]1)[C@@H]1CCCN(C(=O)c2ncc[nH]2)C1. The van der Waals surface area contributed by atoms with Gasteiger partial charge in [0.05, 0.1) is 12.6 Å². The number of benzene rings is 1. The summed E-state index contributed by atoms with van der Waals surface area (Å²) >= 11 is 6.03. The van der Waals surface area contributed by atoms with E-state index in [9.17, 15) is 9.59 Å². The van der Waals surface area contributed by atoms with Crippen LogP contribution in [-0.4, -0.2) is 62.9 Å². The molecule has 1 saturated heterocycles. The fourth-order valence-electron chi connectivity index (χ4n) is 3.71. The standard InChI is InChI=1S/C20H23ClN6O2/c1-26(16-3-2-8-27(12-16)19(28)18-22-6-7-23-18)20(29)24-11-15-10-13-9-14(21)4-5-17(13)25-15/h4-7,9-10,16,25H,2-3,8,11-12H2,1H3,(H,22,23)(H,24,29)/t16-/m1/s1. The summed E-state index contributed by atoms with van der Waals surface area (Å²) < 4.78 is 0. The molecule has 1 aliphatic rings. The normalized spacial score (nSPS) is 16.8. The number of likely N-dealkylation sites (tertiary alicyclic amines) is 1. The third-order valence-corrected chi connectivity index (χ3v) is 5.56. The van der Waals surface area contributed by atoms with Gasteiger partial charge in [0.25, 0.3) is 5.91 Å². The molecular formula is C20H23ClN6O2. The average Bonchev–Trinajstić information content (AvgIpc) is 3.40. The number of piperidine rings is 1. The number of amides is 3. The van der Waals surface area contributed by atoms with Crippen molar-refractivity contribution in [1.29, 1.82) is 0 Å². The highest BCUT2D eigenvalue weighted by atomic mass is 35.5. The summed E-state index contributed by atoms with van der Waals surface area (Å²) in [6.45, 7) is 1.55. The monoisotopic (exact) mass is 414 g/mol. The average molecular weight is 415 g/mol. The Morgan fingerprint density at radius 1 is 1.38 bits per heavy atom. The third kappa shape index (κ3) is 4.22. The van der Waals surface area contributed by atoms with E-state index < -0.39 is 0 Å². The topological polar surface area (TPSA) is 97.1 Å². The number of hydrogen-bond acceptors (Lipinski definition) is 3. The van der Waals surface area contributed by atoms with E-state index in [1.165, 1.54) is 0 Å². The van der Waals surface area contributed by atoms with Gasteiger partial charge in [-0.05, 0) is 37.1 Å². The third-order valence-electron chi connectivity index (χ3n) is 5.32. The number of fused-ring (bicyclic) bond motifs is 1. The Morgan fingerprint density at radius 3 is 3.03 bits per heavy atom. The van der Waals surface area contributed by atoms with Crippen LogP contribution in [0.25, 0.3) is 10.9 Å². The van der Waals surface area contributed by atoms with E-state index in [4.69, 9.17) is 11.6 Å². The number of carbonyl (C=O) groups excluding carboxylic acids is 2. The summed E-state index contributed by atoms with van der Waals surface area (Å²) in [4.78, 5) is 38.8. The molecule has 0 bridgehead atoms. The molecule has 0 spiro atoms. The molecule has 1 fully saturated rings. The van der Waals surface area contributed by atoms with E-state index in [0.29, 0.717) is 30.5 Å². The Balaban J connectivity index is 1.34. The number of nitrogens with zero attached hydrogens (tertiary/aromatic N) is 3. The van der Waals surface area contributed by atoms with Gasteiger partial charge < -0.3 is 25.1 Å². The number of aromatic amines is 2. The van der Waals surface area contributed by atoms with Crippen LogP contribution in [0.15, 0.2) is 36.7 Å². The van der Waals surface area contributed by atoms with Gasteiger partial charge in [0, 0.05) is 54.2 Å². The molecule has 1 aromatic carbocycles. The number of carbonyl (C=O) groups is 2. The van der Waals surface area contributed by atoms with Crippen LogP contribution < -0.4 is 5.32 Å². The zero-order valence-electron chi connectivity index (χ0n) is 16.1. The first-order valence-electron chi connectivity index (χ1n) is 9.58. The van der Waals surface area contributed by atoms with Crippen LogP contribution in [0.4, 0.5) is 4.79 Å². The highest BCUT2D eigenvalue weighted by molar-refractivity contribution is 6.31. The van der Waals surface area contributed by atoms with Crippen LogP contribution in [-0.2, 0) is 6.54 Å². The van der Waals surface area contributed by atoms with Crippen LogP contribution in [0, 0.1) is 0 Å². The molecule has 1 atom stereocenters. The second-order valence-corrected chi connectivity index (χ2v) is 7.72. The molecular weight excluding hydrogens is 392 g/mol. The van der Waals surface area contributed by atoms with Gasteiger partial charge in [-0.1, -0.05) is 11.6 Å². The lowest BCUT2D eigenvalue weighted by Crippen LogP contribution is -2.52. The van der Waals surface area contributed by atoms with Gasteiger partial charge in [0.2, 0.25) is 0 Å². The minimum Gasteiger partial charge on any atom is -0.357 e. The highest BCUT2D eigenvalue weighted by Gasteiger charge is 2.29. The van der Waals surface area contributed by atoms with Crippen molar-refractivity contribution >= 4 is 34.4 Å². The molecule has 0 unspecified atom stereocenters. The molecule has 4 rings (SSSR count). The predicted molar refractivity (Wildman–Crippen MR) is 111 cm³/mol. The van der Waals surface area contributed by atoms with Gasteiger partial charge in [-0.25, -0.2) is 9.78 Å². The van der Waals surface area contributed by atoms with Crippen LogP contribution >= 0.6 is 11.6 Å². The van der Waals surface area contributed by atoms with E-state index in [2.05, 4.69) is 20.3 Å². The lowest BCUT2D eigenvalue weighted by Gasteiger charge is -2.37. The van der Waals surface area contributed by atoms with Gasteiger partial charge in [-0.15, -0.1) is 0 Å². The quantitative estimate of drug-likeness (QED) is 0.612. The van der Waals surface area contributed by atoms with Gasteiger partial charge in [-0.3, -0.25) is 4.79 Å². The summed E-state index contributed by atoms with van der Waals surface area (Å²) in [6, 6.07) is 7.41. The number of halogens is 1. The molecule has 3 amide bonds. The summed E-state index contributed by atoms with van der Waals surface area (Å²) in [5.41, 5.74) is 1.88. The van der Waals surface area contributed by atoms with E-state index in [0.717, 1.165) is 29.4 Å². The molecule has 0 aliphatic carbocycles. The number of urea groups is 1. The summed E-state index contributed by atoms with van der Waals surface area (Å²) in [6.07, 6.45) is 4.90. The molecule has 0 radical (unpaired) electrons. The zero-order valence-corrected chi connectivity index (χ0v) is 16.9. The van der Waals surface area contributed by atoms with Crippen molar-refractivity contribution in [3.8, 4) is 0 Å². The number of likely N-dealkylation sites (N-methyl/N-ethyl adjacent to an activating group) is 1. The van der Waals surface area contributed by atoms with Crippen LogP contribution in [0.5, 0.6) is 0 Å². The molecule has 3 heterocycles. The van der Waals surface area contributed by atoms with E-state index in [1.54, 1.807) is 29.2 Å². The Kier molecular flexibility index (Phi) is 5.44. The fraction of sp³-hybridized carbons (Fsp3) is 0.350. The molecule has 152 valence electrons. The summed E-state index contributed by atoms with van der Waals surface area (Å²) in [7, 11) is 1.77. The number of hydrogen-bond donors (Lipinski definition) is 3. The van der Waals surface area contributed by atoms with E-state index >= 15 is 0 Å². The van der Waals surface area contributed by atoms with E-state index in [1.807, 2.05) is 24.3 Å². The second kappa shape index (κ2) is 8.16. The Bertz CT molecular complexity index is 1020. The van der Waals surface area contributed by atoms with Crippen LogP contribution in [0.3, 0.4) is 0 Å². The first-order chi connectivity index (χ1) is 14.0. The molecule has 1 aliphatic heterocycles. The summed E-state index contributed by atoms with van der Waals surface area (Å²) in [5.74, 6) is 0.196. The van der Waals surface area contributed by atoms with Crippen molar-refractivity contribution in [3.63, 3.8) is 0 Å². The summed E-state index contributed by atoms with van der Waals surface area (Å²) in [5, 5.41) is 4.63. The maximum absolute atomic E-state index is 12.6. The van der Waals surface area contributed by atoms with Gasteiger partial charge in [-0.2, -0.15) is 0 Å². The first-order valence-corrected chi connectivity index (χ1v) is 9.95. The molecule has 3 aromatic rings. The molecule has 2 aromatic heterocycles. The molecule has 9 heteroatoms. The van der Waals surface area contributed by atoms with Crippen molar-refractivity contribution in [3.05, 3.63) is 53.2 Å². The molecule has 8 nitrogen and oxygen atoms in total. The van der Waals surface area contributed by atoms with Crippen molar-refractivity contribution in [2.45, 2.75) is 25.4 Å². The smallest absolute Gasteiger partial charge is 0.317 e. The van der Waals surface area contributed by atoms with Crippen molar-refractivity contribution in [2.75, 3.05) is 20.1 Å². The number of H-pyrrole nitrogens is 2. The minimum atomic E-state index is -0.168. The number of nitrogens with one attached hydrogen (secondary N) is 3. The van der Waals surface area contributed by atoms with Gasteiger partial charge in [0.15, 0.2) is 5.82 Å². The molecule has 29 heavy (non-hydrogen) atoms. The van der Waals surface area contributed by atoms with Crippen LogP contribution in [0.2, 0.25) is 5.02 Å². The van der Waals surface area contributed by atoms with Gasteiger partial charge >= 0.3 is 6.03 Å². The number of aromatic nitrogens is 3. The Hall–Kier alpha value is -3.00. The Labute approximate surface area is 173 Å². The van der Waals surface area contributed by atoms with Crippen molar-refractivity contribution < 1.29 is 9.59 Å². The van der Waals surface area contributed by atoms with Crippen molar-refractivity contribution in [1.82, 2.24) is 30.1 Å². The zero-order chi connectivity index (χ0) is 20.4. The lowest BCUT2D eigenvalue weighted by atomic mass is 10.0. The van der Waals surface area contributed by atoms with Crippen LogP contribution in [0.1, 0.15) is 29.2 Å². The minimum absolute atomic E-state index is 0.0378. The number of imidazole rings is 1. The largest absolute Gasteiger partial charge is 0.357 e. The van der Waals surface area contributed by atoms with E-state index in [-0.39, 0.29) is 18.0 Å².